The second-order valence-electron chi connectivity index (χ2n) is 10.1. The normalized spacial score (nSPS) is 11.8. The first-order valence-electron chi connectivity index (χ1n) is 12.7. The molecule has 0 atom stereocenters. The molecule has 0 saturated carbocycles. The highest BCUT2D eigenvalue weighted by molar-refractivity contribution is 6.11. The number of nitrogens with zero attached hydrogens (tertiary/aromatic N) is 2. The van der Waals surface area contributed by atoms with E-state index in [1.807, 2.05) is 24.4 Å². The third-order valence-corrected chi connectivity index (χ3v) is 7.05. The average molecular weight is 471 g/mol. The molecule has 2 aromatic heterocycles. The van der Waals surface area contributed by atoms with E-state index in [0.29, 0.717) is 11.8 Å². The van der Waals surface area contributed by atoms with Crippen molar-refractivity contribution in [1.29, 1.82) is 0 Å². The van der Waals surface area contributed by atoms with Crippen molar-refractivity contribution in [3.05, 3.63) is 108 Å². The van der Waals surface area contributed by atoms with Gasteiger partial charge in [0.1, 0.15) is 17.0 Å². The molecule has 178 valence electrons. The number of fused-ring (bicyclic) bond motifs is 3. The molecule has 6 aromatic rings. The highest BCUT2D eigenvalue weighted by Crippen LogP contribution is 2.40. The molecule has 0 spiro atoms. The standard InChI is InChI=1S/C33H30N2O/c1-21(2)27-19-24(23-11-6-5-7-12-23)20-28(22(3)4)32(27)35-18-17-34-33(35)26-14-10-16-30-31(26)25-13-8-9-15-29(25)36-30/h5-22H,1-4H3. The van der Waals surface area contributed by atoms with Gasteiger partial charge >= 0.3 is 0 Å². The van der Waals surface area contributed by atoms with E-state index in [-0.39, 0.29) is 0 Å². The minimum atomic E-state index is 0.349. The quantitative estimate of drug-likeness (QED) is 0.251. The molecule has 36 heavy (non-hydrogen) atoms. The fraction of sp³-hybridized carbons (Fsp3) is 0.182. The van der Waals surface area contributed by atoms with E-state index in [0.717, 1.165) is 33.3 Å². The third kappa shape index (κ3) is 3.63. The molecule has 0 bridgehead atoms. The molecular weight excluding hydrogens is 440 g/mol. The summed E-state index contributed by atoms with van der Waals surface area (Å²) in [5.41, 5.74) is 9.25. The predicted octanol–water partition coefficient (Wildman–Crippen LogP) is 9.35. The number of rotatable bonds is 5. The Balaban J connectivity index is 1.64. The summed E-state index contributed by atoms with van der Waals surface area (Å²) in [5, 5.41) is 2.23. The maximum atomic E-state index is 6.19. The van der Waals surface area contributed by atoms with Crippen molar-refractivity contribution in [3.8, 4) is 28.2 Å². The molecule has 4 aromatic carbocycles. The van der Waals surface area contributed by atoms with E-state index in [4.69, 9.17) is 9.40 Å². The van der Waals surface area contributed by atoms with Crippen molar-refractivity contribution in [2.24, 2.45) is 0 Å². The lowest BCUT2D eigenvalue weighted by molar-refractivity contribution is 0.669. The Morgan fingerprint density at radius 1 is 0.694 bits per heavy atom. The summed E-state index contributed by atoms with van der Waals surface area (Å²) >= 11 is 0. The zero-order valence-corrected chi connectivity index (χ0v) is 21.2. The minimum absolute atomic E-state index is 0.349. The van der Waals surface area contributed by atoms with Gasteiger partial charge in [0.05, 0.1) is 5.69 Å². The number of aromatic nitrogens is 2. The second-order valence-corrected chi connectivity index (χ2v) is 10.1. The smallest absolute Gasteiger partial charge is 0.145 e. The Morgan fingerprint density at radius 2 is 1.36 bits per heavy atom. The Hall–Kier alpha value is -4.11. The van der Waals surface area contributed by atoms with Gasteiger partial charge in [0, 0.05) is 28.7 Å². The van der Waals surface area contributed by atoms with Crippen molar-refractivity contribution in [3.63, 3.8) is 0 Å². The molecule has 0 radical (unpaired) electrons. The van der Waals surface area contributed by atoms with Crippen molar-refractivity contribution in [2.75, 3.05) is 0 Å². The summed E-state index contributed by atoms with van der Waals surface area (Å²) in [6, 6.07) is 29.9. The topological polar surface area (TPSA) is 31.0 Å². The summed E-state index contributed by atoms with van der Waals surface area (Å²) in [5.74, 6) is 1.63. The lowest BCUT2D eigenvalue weighted by atomic mass is 9.88. The third-order valence-electron chi connectivity index (χ3n) is 7.05. The van der Waals surface area contributed by atoms with Crippen LogP contribution >= 0.6 is 0 Å². The summed E-state index contributed by atoms with van der Waals surface area (Å²) in [6.45, 7) is 9.11. The van der Waals surface area contributed by atoms with Gasteiger partial charge in [0.25, 0.3) is 0 Å². The summed E-state index contributed by atoms with van der Waals surface area (Å²) < 4.78 is 8.48. The van der Waals surface area contributed by atoms with Gasteiger partial charge in [-0.1, -0.05) is 88.4 Å². The molecule has 0 aliphatic rings. The van der Waals surface area contributed by atoms with Crippen LogP contribution in [0.25, 0.3) is 50.1 Å². The molecule has 0 N–H and O–H groups in total. The molecule has 0 unspecified atom stereocenters. The van der Waals surface area contributed by atoms with E-state index < -0.39 is 0 Å². The van der Waals surface area contributed by atoms with Crippen LogP contribution in [0.5, 0.6) is 0 Å². The Bertz CT molecular complexity index is 1660. The second kappa shape index (κ2) is 8.83. The van der Waals surface area contributed by atoms with Crippen molar-refractivity contribution < 1.29 is 4.42 Å². The molecule has 0 saturated heterocycles. The summed E-state index contributed by atoms with van der Waals surface area (Å²) in [4.78, 5) is 4.90. The monoisotopic (exact) mass is 470 g/mol. The maximum absolute atomic E-state index is 6.19. The lowest BCUT2D eigenvalue weighted by Gasteiger charge is -2.24. The molecule has 2 heterocycles. The molecule has 0 aliphatic heterocycles. The lowest BCUT2D eigenvalue weighted by Crippen LogP contribution is -2.08. The van der Waals surface area contributed by atoms with Gasteiger partial charge in [-0.25, -0.2) is 4.98 Å². The number of hydrogen-bond acceptors (Lipinski definition) is 2. The van der Waals surface area contributed by atoms with Crippen LogP contribution in [0.2, 0.25) is 0 Å². The zero-order chi connectivity index (χ0) is 24.8. The fourth-order valence-electron chi connectivity index (χ4n) is 5.28. The summed E-state index contributed by atoms with van der Waals surface area (Å²) in [6.07, 6.45) is 4.02. The van der Waals surface area contributed by atoms with Crippen LogP contribution in [0.15, 0.2) is 102 Å². The number of benzene rings is 4. The molecule has 3 nitrogen and oxygen atoms in total. The van der Waals surface area contributed by atoms with Crippen LogP contribution in [0.4, 0.5) is 0 Å². The van der Waals surface area contributed by atoms with Crippen LogP contribution < -0.4 is 0 Å². The van der Waals surface area contributed by atoms with E-state index in [2.05, 4.69) is 105 Å². The highest BCUT2D eigenvalue weighted by atomic mass is 16.3. The van der Waals surface area contributed by atoms with Gasteiger partial charge in [-0.3, -0.25) is 4.57 Å². The highest BCUT2D eigenvalue weighted by Gasteiger charge is 2.22. The predicted molar refractivity (Wildman–Crippen MR) is 150 cm³/mol. The summed E-state index contributed by atoms with van der Waals surface area (Å²) in [7, 11) is 0. The van der Waals surface area contributed by atoms with Crippen LogP contribution in [-0.4, -0.2) is 9.55 Å². The Kier molecular flexibility index (Phi) is 5.49. The van der Waals surface area contributed by atoms with Gasteiger partial charge in [-0.15, -0.1) is 0 Å². The minimum Gasteiger partial charge on any atom is -0.456 e. The fourth-order valence-corrected chi connectivity index (χ4v) is 5.28. The van der Waals surface area contributed by atoms with Gasteiger partial charge in [-0.05, 0) is 58.4 Å². The van der Waals surface area contributed by atoms with Gasteiger partial charge in [0.2, 0.25) is 0 Å². The van der Waals surface area contributed by atoms with Crippen LogP contribution in [0, 0.1) is 0 Å². The Morgan fingerprint density at radius 3 is 2.08 bits per heavy atom. The van der Waals surface area contributed by atoms with E-state index in [1.165, 1.54) is 27.9 Å². The van der Waals surface area contributed by atoms with E-state index >= 15 is 0 Å². The number of furan rings is 1. The maximum Gasteiger partial charge on any atom is 0.145 e. The number of para-hydroxylation sites is 1. The van der Waals surface area contributed by atoms with Crippen molar-refractivity contribution in [2.45, 2.75) is 39.5 Å². The van der Waals surface area contributed by atoms with Crippen LogP contribution in [-0.2, 0) is 0 Å². The number of imidazole rings is 1. The first kappa shape index (κ1) is 22.4. The molecule has 6 rings (SSSR count). The van der Waals surface area contributed by atoms with Gasteiger partial charge < -0.3 is 4.42 Å². The molecule has 0 amide bonds. The van der Waals surface area contributed by atoms with E-state index in [9.17, 15) is 0 Å². The SMILES string of the molecule is CC(C)c1cc(-c2ccccc2)cc(C(C)C)c1-n1ccnc1-c1cccc2oc3ccccc3c12. The van der Waals surface area contributed by atoms with Gasteiger partial charge in [-0.2, -0.15) is 0 Å². The van der Waals surface area contributed by atoms with Crippen LogP contribution in [0.3, 0.4) is 0 Å². The molecule has 3 heteroatoms. The zero-order valence-electron chi connectivity index (χ0n) is 21.2. The van der Waals surface area contributed by atoms with Crippen molar-refractivity contribution in [1.82, 2.24) is 9.55 Å². The Labute approximate surface area is 212 Å². The average Bonchev–Trinajstić information content (AvgIpc) is 3.53. The molecule has 0 aliphatic carbocycles. The first-order chi connectivity index (χ1) is 17.5. The van der Waals surface area contributed by atoms with E-state index in [1.54, 1.807) is 0 Å². The van der Waals surface area contributed by atoms with Crippen molar-refractivity contribution >= 4 is 21.9 Å². The first-order valence-corrected chi connectivity index (χ1v) is 12.7. The largest absolute Gasteiger partial charge is 0.456 e. The van der Waals surface area contributed by atoms with Crippen LogP contribution in [0.1, 0.15) is 50.7 Å². The molecular formula is C33H30N2O. The number of hydrogen-bond donors (Lipinski definition) is 0. The molecule has 0 fully saturated rings. The van der Waals surface area contributed by atoms with Gasteiger partial charge in [0.15, 0.2) is 0 Å².